The summed E-state index contributed by atoms with van der Waals surface area (Å²) in [6.45, 7) is 10.5. The molecule has 0 aliphatic rings. The molecule has 0 saturated heterocycles. The molecule has 24 heavy (non-hydrogen) atoms. The summed E-state index contributed by atoms with van der Waals surface area (Å²) in [5, 5.41) is 10.00. The van der Waals surface area contributed by atoms with Gasteiger partial charge in [-0.15, -0.1) is 5.10 Å². The van der Waals surface area contributed by atoms with Gasteiger partial charge in [-0.05, 0) is 37.1 Å². The molecule has 0 unspecified atom stereocenters. The summed E-state index contributed by atoms with van der Waals surface area (Å²) in [4.78, 5) is 9.27. The molecule has 0 atom stereocenters. The molecule has 3 heterocycles. The minimum Gasteiger partial charge on any atom is -0.216 e. The minimum absolute atomic E-state index is 0.109. The Bertz CT molecular complexity index is 1040. The molecule has 6 heteroatoms. The van der Waals surface area contributed by atoms with Gasteiger partial charge in [0.25, 0.3) is 0 Å². The second-order valence-corrected chi connectivity index (χ2v) is 7.34. The van der Waals surface area contributed by atoms with Gasteiger partial charge in [0.15, 0.2) is 17.1 Å². The van der Waals surface area contributed by atoms with Crippen LogP contribution in [0.25, 0.3) is 22.4 Å². The fourth-order valence-electron chi connectivity index (χ4n) is 2.90. The van der Waals surface area contributed by atoms with E-state index in [1.807, 2.05) is 10.9 Å². The third-order valence-corrected chi connectivity index (χ3v) is 4.03. The quantitative estimate of drug-likeness (QED) is 0.539. The Morgan fingerprint density at radius 1 is 0.958 bits per heavy atom. The van der Waals surface area contributed by atoms with Gasteiger partial charge in [-0.3, -0.25) is 0 Å². The first-order valence-corrected chi connectivity index (χ1v) is 8.01. The zero-order chi connectivity index (χ0) is 17.1. The van der Waals surface area contributed by atoms with Crippen LogP contribution < -0.4 is 0 Å². The van der Waals surface area contributed by atoms with Gasteiger partial charge in [0.05, 0.1) is 17.3 Å². The van der Waals surface area contributed by atoms with Crippen LogP contribution in [0.4, 0.5) is 0 Å². The highest BCUT2D eigenvalue weighted by molar-refractivity contribution is 5.89. The van der Waals surface area contributed by atoms with Crippen molar-refractivity contribution in [2.75, 3.05) is 0 Å². The lowest BCUT2D eigenvalue weighted by atomic mass is 9.96. The topological polar surface area (TPSA) is 60.9 Å². The van der Waals surface area contributed by atoms with Crippen molar-refractivity contribution in [2.24, 2.45) is 0 Å². The Morgan fingerprint density at radius 3 is 2.33 bits per heavy atom. The fourth-order valence-corrected chi connectivity index (χ4v) is 2.90. The Balaban J connectivity index is 1.97. The van der Waals surface area contributed by atoms with Gasteiger partial charge < -0.3 is 0 Å². The van der Waals surface area contributed by atoms with Crippen molar-refractivity contribution < 1.29 is 0 Å². The van der Waals surface area contributed by atoms with Crippen molar-refractivity contribution in [2.45, 2.75) is 40.0 Å². The van der Waals surface area contributed by atoms with Gasteiger partial charge in [0.1, 0.15) is 6.33 Å². The Kier molecular flexibility index (Phi) is 3.00. The van der Waals surface area contributed by atoms with Crippen LogP contribution in [0.3, 0.4) is 0 Å². The molecule has 0 aliphatic heterocycles. The SMILES string of the molecule is Cc1cc(C)cc(-n2ncc3c2ncn2nc(C(C)(C)C)nc32)c1. The molecule has 6 nitrogen and oxygen atoms in total. The van der Waals surface area contributed by atoms with Crippen LogP contribution in [-0.4, -0.2) is 29.4 Å². The number of benzene rings is 1. The van der Waals surface area contributed by atoms with E-state index in [4.69, 9.17) is 4.98 Å². The predicted molar refractivity (Wildman–Crippen MR) is 93.6 cm³/mol. The molecular weight excluding hydrogens is 300 g/mol. The van der Waals surface area contributed by atoms with Gasteiger partial charge >= 0.3 is 0 Å². The lowest BCUT2D eigenvalue weighted by molar-refractivity contribution is 0.545. The summed E-state index contributed by atoms with van der Waals surface area (Å²) < 4.78 is 3.59. The van der Waals surface area contributed by atoms with Crippen LogP contribution in [0.5, 0.6) is 0 Å². The van der Waals surface area contributed by atoms with Crippen LogP contribution in [0.2, 0.25) is 0 Å². The maximum Gasteiger partial charge on any atom is 0.170 e. The molecule has 1 aromatic carbocycles. The summed E-state index contributed by atoms with van der Waals surface area (Å²) in [6.07, 6.45) is 3.52. The van der Waals surface area contributed by atoms with Crippen LogP contribution in [0.1, 0.15) is 37.7 Å². The second kappa shape index (κ2) is 4.87. The molecule has 0 N–H and O–H groups in total. The smallest absolute Gasteiger partial charge is 0.170 e. The highest BCUT2D eigenvalue weighted by Gasteiger charge is 2.21. The van der Waals surface area contributed by atoms with E-state index >= 15 is 0 Å². The molecule has 122 valence electrons. The number of aromatic nitrogens is 6. The van der Waals surface area contributed by atoms with E-state index in [2.05, 4.69) is 68.0 Å². The third kappa shape index (κ3) is 2.26. The van der Waals surface area contributed by atoms with Crippen LogP contribution in [0.15, 0.2) is 30.7 Å². The van der Waals surface area contributed by atoms with E-state index in [-0.39, 0.29) is 5.41 Å². The first kappa shape index (κ1) is 14.8. The zero-order valence-electron chi connectivity index (χ0n) is 14.6. The van der Waals surface area contributed by atoms with E-state index in [1.165, 1.54) is 11.1 Å². The number of hydrogen-bond donors (Lipinski definition) is 0. The highest BCUT2D eigenvalue weighted by Crippen LogP contribution is 2.24. The average Bonchev–Trinajstić information content (AvgIpc) is 3.09. The molecule has 0 fully saturated rings. The standard InChI is InChI=1S/C18H20N6/c1-11-6-12(2)8-13(7-11)24-15-14(9-20-24)16-21-17(18(3,4)5)22-23(16)10-19-15/h6-10H,1-5H3. The number of nitrogens with zero attached hydrogens (tertiary/aromatic N) is 6. The van der Waals surface area contributed by atoms with E-state index in [9.17, 15) is 0 Å². The Labute approximate surface area is 140 Å². The summed E-state index contributed by atoms with van der Waals surface area (Å²) in [5.41, 5.74) is 4.89. The minimum atomic E-state index is -0.109. The highest BCUT2D eigenvalue weighted by atomic mass is 15.3. The Morgan fingerprint density at radius 2 is 1.67 bits per heavy atom. The summed E-state index contributed by atoms with van der Waals surface area (Å²) in [7, 11) is 0. The number of aryl methyl sites for hydroxylation is 2. The number of fused-ring (bicyclic) bond motifs is 3. The van der Waals surface area contributed by atoms with Gasteiger partial charge in [0.2, 0.25) is 0 Å². The molecule has 0 amide bonds. The molecule has 3 aromatic heterocycles. The van der Waals surface area contributed by atoms with Gasteiger partial charge in [0, 0.05) is 5.41 Å². The van der Waals surface area contributed by atoms with Crippen LogP contribution in [-0.2, 0) is 5.41 Å². The molecule has 0 spiro atoms. The molecule has 0 saturated carbocycles. The van der Waals surface area contributed by atoms with Crippen molar-refractivity contribution in [1.29, 1.82) is 0 Å². The monoisotopic (exact) mass is 320 g/mol. The molecule has 0 radical (unpaired) electrons. The molecule has 0 aliphatic carbocycles. The molecule has 4 aromatic rings. The van der Waals surface area contributed by atoms with Crippen LogP contribution >= 0.6 is 0 Å². The first-order chi connectivity index (χ1) is 11.3. The molecular formula is C18H20N6. The largest absolute Gasteiger partial charge is 0.216 e. The van der Waals surface area contributed by atoms with Gasteiger partial charge in [-0.1, -0.05) is 26.8 Å². The summed E-state index contributed by atoms with van der Waals surface area (Å²) >= 11 is 0. The van der Waals surface area contributed by atoms with Gasteiger partial charge in [-0.25, -0.2) is 19.2 Å². The van der Waals surface area contributed by atoms with E-state index < -0.39 is 0 Å². The third-order valence-electron chi connectivity index (χ3n) is 4.03. The number of rotatable bonds is 1. The maximum atomic E-state index is 4.71. The Hall–Kier alpha value is -2.76. The fraction of sp³-hybridized carbons (Fsp3) is 0.333. The van der Waals surface area contributed by atoms with Crippen molar-refractivity contribution in [3.05, 3.63) is 47.7 Å². The molecule has 4 rings (SSSR count). The predicted octanol–water partition coefficient (Wildman–Crippen LogP) is 3.38. The van der Waals surface area contributed by atoms with E-state index in [0.717, 1.165) is 28.2 Å². The summed E-state index contributed by atoms with van der Waals surface area (Å²) in [6, 6.07) is 6.36. The van der Waals surface area contributed by atoms with E-state index in [0.29, 0.717) is 0 Å². The van der Waals surface area contributed by atoms with Crippen molar-refractivity contribution in [3.63, 3.8) is 0 Å². The van der Waals surface area contributed by atoms with Crippen molar-refractivity contribution >= 4 is 16.7 Å². The van der Waals surface area contributed by atoms with Crippen molar-refractivity contribution in [3.8, 4) is 5.69 Å². The zero-order valence-corrected chi connectivity index (χ0v) is 14.6. The second-order valence-electron chi connectivity index (χ2n) is 7.34. The number of hydrogen-bond acceptors (Lipinski definition) is 4. The lowest BCUT2D eigenvalue weighted by Gasteiger charge is -2.11. The van der Waals surface area contributed by atoms with Crippen LogP contribution in [0, 0.1) is 13.8 Å². The van der Waals surface area contributed by atoms with E-state index in [1.54, 1.807) is 10.8 Å². The summed E-state index contributed by atoms with van der Waals surface area (Å²) in [5.74, 6) is 0.802. The van der Waals surface area contributed by atoms with Crippen molar-refractivity contribution in [1.82, 2.24) is 29.4 Å². The van der Waals surface area contributed by atoms with Gasteiger partial charge in [-0.2, -0.15) is 5.10 Å². The average molecular weight is 320 g/mol. The lowest BCUT2D eigenvalue weighted by Crippen LogP contribution is -2.13. The molecule has 0 bridgehead atoms. The first-order valence-electron chi connectivity index (χ1n) is 8.01. The maximum absolute atomic E-state index is 4.71. The normalized spacial score (nSPS) is 12.4.